The minimum absolute atomic E-state index is 0.165. The van der Waals surface area contributed by atoms with Crippen molar-refractivity contribution in [1.29, 1.82) is 0 Å². The molecular formula is C25H32F3NO7. The zero-order valence-electron chi connectivity index (χ0n) is 20.3. The van der Waals surface area contributed by atoms with Crippen LogP contribution in [0.15, 0.2) is 42.5 Å². The molecule has 0 bridgehead atoms. The van der Waals surface area contributed by atoms with E-state index in [1.54, 1.807) is 14.2 Å². The smallest absolute Gasteiger partial charge is 0.490 e. The van der Waals surface area contributed by atoms with E-state index in [9.17, 15) is 18.0 Å². The molecule has 2 rings (SSSR count). The minimum Gasteiger partial charge on any atom is -0.494 e. The van der Waals surface area contributed by atoms with Crippen LogP contribution in [0.3, 0.4) is 0 Å². The average Bonchev–Trinajstić information content (AvgIpc) is 2.84. The predicted molar refractivity (Wildman–Crippen MR) is 127 cm³/mol. The number of carboxylic acid groups (broad SMARTS) is 2. The molecule has 0 atom stereocenters. The monoisotopic (exact) mass is 515 g/mol. The Labute approximate surface area is 208 Å². The highest BCUT2D eigenvalue weighted by Crippen LogP contribution is 2.28. The van der Waals surface area contributed by atoms with Gasteiger partial charge in [-0.15, -0.1) is 0 Å². The van der Waals surface area contributed by atoms with Gasteiger partial charge in [0.2, 0.25) is 0 Å². The van der Waals surface area contributed by atoms with Crippen LogP contribution in [0.5, 0.6) is 17.2 Å². The summed E-state index contributed by atoms with van der Waals surface area (Å²) in [6.07, 6.45) is -1.16. The Morgan fingerprint density at radius 1 is 0.861 bits per heavy atom. The van der Waals surface area contributed by atoms with Crippen LogP contribution >= 0.6 is 0 Å². The fourth-order valence-electron chi connectivity index (χ4n) is 2.99. The molecule has 8 nitrogen and oxygen atoms in total. The maximum atomic E-state index is 10.6. The van der Waals surface area contributed by atoms with Gasteiger partial charge >= 0.3 is 18.1 Å². The van der Waals surface area contributed by atoms with Crippen molar-refractivity contribution in [1.82, 2.24) is 5.32 Å². The highest BCUT2D eigenvalue weighted by Gasteiger charge is 2.38. The summed E-state index contributed by atoms with van der Waals surface area (Å²) >= 11 is 0. The zero-order valence-corrected chi connectivity index (χ0v) is 20.3. The van der Waals surface area contributed by atoms with Gasteiger partial charge in [-0.05, 0) is 67.6 Å². The lowest BCUT2D eigenvalue weighted by atomic mass is 10.1. The first-order valence-electron chi connectivity index (χ1n) is 11.2. The van der Waals surface area contributed by atoms with Gasteiger partial charge in [0, 0.05) is 6.54 Å². The summed E-state index contributed by atoms with van der Waals surface area (Å²) in [5, 5.41) is 18.9. The molecule has 2 aromatic rings. The van der Waals surface area contributed by atoms with Gasteiger partial charge in [-0.25, -0.2) is 4.79 Å². The van der Waals surface area contributed by atoms with Crippen LogP contribution in [0, 0.1) is 0 Å². The van der Waals surface area contributed by atoms with Crippen molar-refractivity contribution in [2.24, 2.45) is 0 Å². The first kappa shape index (κ1) is 30.6. The first-order chi connectivity index (χ1) is 17.1. The Morgan fingerprint density at radius 2 is 1.44 bits per heavy atom. The molecular weight excluding hydrogens is 483 g/mol. The van der Waals surface area contributed by atoms with Crippen LogP contribution in [0.4, 0.5) is 13.2 Å². The van der Waals surface area contributed by atoms with Gasteiger partial charge in [0.05, 0.1) is 27.2 Å². The third-order valence-corrected chi connectivity index (χ3v) is 4.83. The number of hydrogen-bond donors (Lipinski definition) is 3. The fraction of sp³-hybridized carbons (Fsp3) is 0.440. The number of carboxylic acids is 2. The van der Waals surface area contributed by atoms with Gasteiger partial charge in [0.15, 0.2) is 11.5 Å². The number of methoxy groups -OCH3 is 2. The summed E-state index contributed by atoms with van der Waals surface area (Å²) in [6.45, 7) is 1.99. The molecule has 11 heteroatoms. The molecule has 0 aromatic heterocycles. The number of ether oxygens (including phenoxy) is 3. The second kappa shape index (κ2) is 16.2. The SMILES string of the molecule is COc1ccc(CCCOc2ccc(CCCNCCC(=O)O)cc2)cc1OC.O=C(O)C(F)(F)F. The molecule has 0 amide bonds. The van der Waals surface area contributed by atoms with E-state index in [2.05, 4.69) is 17.4 Å². The van der Waals surface area contributed by atoms with E-state index >= 15 is 0 Å². The second-order valence-corrected chi connectivity index (χ2v) is 7.59. The maximum Gasteiger partial charge on any atom is 0.490 e. The zero-order chi connectivity index (χ0) is 27.0. The molecule has 2 aromatic carbocycles. The van der Waals surface area contributed by atoms with E-state index < -0.39 is 18.1 Å². The Balaban J connectivity index is 0.000000809. The summed E-state index contributed by atoms with van der Waals surface area (Å²) in [5.74, 6) is -1.16. The standard InChI is InChI=1S/C23H31NO5.C2HF3O2/c1-27-21-12-9-19(17-22(21)28-2)6-4-16-29-20-10-7-18(8-11-20)5-3-14-24-15-13-23(25)26;3-2(4,5)1(6)7/h7-12,17,24H,3-6,13-16H2,1-2H3,(H,25,26);(H,6,7). The molecule has 0 spiro atoms. The van der Waals surface area contributed by atoms with E-state index in [1.807, 2.05) is 30.3 Å². The van der Waals surface area contributed by atoms with Crippen molar-refractivity contribution in [3.05, 3.63) is 53.6 Å². The van der Waals surface area contributed by atoms with Gasteiger partial charge in [-0.2, -0.15) is 13.2 Å². The minimum atomic E-state index is -5.08. The van der Waals surface area contributed by atoms with E-state index in [4.69, 9.17) is 29.2 Å². The summed E-state index contributed by atoms with van der Waals surface area (Å²) in [6, 6.07) is 14.2. The molecule has 200 valence electrons. The van der Waals surface area contributed by atoms with Crippen LogP contribution in [-0.2, 0) is 22.4 Å². The summed E-state index contributed by atoms with van der Waals surface area (Å²) in [5.41, 5.74) is 2.45. The van der Waals surface area contributed by atoms with E-state index in [1.165, 1.54) is 11.1 Å². The molecule has 0 radical (unpaired) electrons. The number of nitrogens with one attached hydrogen (secondary N) is 1. The molecule has 0 heterocycles. The van der Waals surface area contributed by atoms with E-state index in [0.29, 0.717) is 13.2 Å². The third-order valence-electron chi connectivity index (χ3n) is 4.83. The average molecular weight is 516 g/mol. The number of hydrogen-bond acceptors (Lipinski definition) is 6. The topological polar surface area (TPSA) is 114 Å². The summed E-state index contributed by atoms with van der Waals surface area (Å²) in [7, 11) is 3.28. The van der Waals surface area contributed by atoms with Crippen LogP contribution in [0.2, 0.25) is 0 Å². The van der Waals surface area contributed by atoms with Gasteiger partial charge in [-0.3, -0.25) is 4.79 Å². The highest BCUT2D eigenvalue weighted by molar-refractivity contribution is 5.73. The van der Waals surface area contributed by atoms with Crippen LogP contribution in [0.25, 0.3) is 0 Å². The van der Waals surface area contributed by atoms with Crippen molar-refractivity contribution in [2.75, 3.05) is 33.9 Å². The molecule has 36 heavy (non-hydrogen) atoms. The maximum absolute atomic E-state index is 10.6. The van der Waals surface area contributed by atoms with Crippen molar-refractivity contribution in [2.45, 2.75) is 38.3 Å². The highest BCUT2D eigenvalue weighted by atomic mass is 19.4. The lowest BCUT2D eigenvalue weighted by Crippen LogP contribution is -2.21. The van der Waals surface area contributed by atoms with Crippen molar-refractivity contribution < 1.29 is 47.2 Å². The lowest BCUT2D eigenvalue weighted by molar-refractivity contribution is -0.192. The number of carbonyl (C=O) groups is 2. The Morgan fingerprint density at radius 3 is 2.00 bits per heavy atom. The summed E-state index contributed by atoms with van der Waals surface area (Å²) < 4.78 is 48.2. The lowest BCUT2D eigenvalue weighted by Gasteiger charge is -2.10. The largest absolute Gasteiger partial charge is 0.494 e. The molecule has 3 N–H and O–H groups in total. The number of halogens is 3. The van der Waals surface area contributed by atoms with Crippen LogP contribution in [0.1, 0.15) is 30.4 Å². The molecule has 0 aliphatic rings. The number of rotatable bonds is 14. The van der Waals surface area contributed by atoms with E-state index in [-0.39, 0.29) is 6.42 Å². The van der Waals surface area contributed by atoms with E-state index in [0.717, 1.165) is 49.5 Å². The Kier molecular flexibility index (Phi) is 13.8. The number of alkyl halides is 3. The van der Waals surface area contributed by atoms with Gasteiger partial charge in [0.1, 0.15) is 5.75 Å². The van der Waals surface area contributed by atoms with Crippen molar-refractivity contribution in [3.8, 4) is 17.2 Å². The van der Waals surface area contributed by atoms with Crippen molar-refractivity contribution in [3.63, 3.8) is 0 Å². The molecule has 0 saturated heterocycles. The quantitative estimate of drug-likeness (QED) is 0.318. The molecule has 0 aliphatic carbocycles. The van der Waals surface area contributed by atoms with Crippen LogP contribution in [-0.4, -0.2) is 62.2 Å². The molecule has 0 aliphatic heterocycles. The number of aliphatic carboxylic acids is 2. The van der Waals surface area contributed by atoms with Gasteiger partial charge in [-0.1, -0.05) is 18.2 Å². The second-order valence-electron chi connectivity index (χ2n) is 7.59. The van der Waals surface area contributed by atoms with Crippen molar-refractivity contribution >= 4 is 11.9 Å². The van der Waals surface area contributed by atoms with Gasteiger partial charge < -0.3 is 29.7 Å². The normalized spacial score (nSPS) is 10.7. The number of aryl methyl sites for hydroxylation is 2. The molecule has 0 unspecified atom stereocenters. The number of benzene rings is 2. The molecule has 0 saturated carbocycles. The molecule has 0 fully saturated rings. The first-order valence-corrected chi connectivity index (χ1v) is 11.2. The summed E-state index contributed by atoms with van der Waals surface area (Å²) in [4.78, 5) is 19.3. The predicted octanol–water partition coefficient (Wildman–Crippen LogP) is 4.35. The third kappa shape index (κ3) is 12.8. The fourth-order valence-corrected chi connectivity index (χ4v) is 2.99. The Bertz CT molecular complexity index is 934. The van der Waals surface area contributed by atoms with Gasteiger partial charge in [0.25, 0.3) is 0 Å². The Hall–Kier alpha value is -3.47. The van der Waals surface area contributed by atoms with Crippen LogP contribution < -0.4 is 19.5 Å².